The van der Waals surface area contributed by atoms with E-state index in [9.17, 15) is 0 Å². The summed E-state index contributed by atoms with van der Waals surface area (Å²) < 4.78 is 7.01. The molecule has 0 atom stereocenters. The molecule has 30 heavy (non-hydrogen) atoms. The highest BCUT2D eigenvalue weighted by Gasteiger charge is 2.23. The number of nitrogens with zero attached hydrogens (tertiary/aromatic N) is 4. The van der Waals surface area contributed by atoms with Gasteiger partial charge in [-0.15, -0.1) is 0 Å². The first-order valence-corrected chi connectivity index (χ1v) is 10.4. The van der Waals surface area contributed by atoms with E-state index in [4.69, 9.17) is 4.98 Å². The lowest BCUT2D eigenvalue weighted by molar-refractivity contribution is 0.816. The molecule has 0 spiro atoms. The molecule has 3 aromatic carbocycles. The van der Waals surface area contributed by atoms with Gasteiger partial charge in [0.15, 0.2) is 0 Å². The van der Waals surface area contributed by atoms with Crippen molar-refractivity contribution in [1.29, 1.82) is 0 Å². The molecule has 4 nitrogen and oxygen atoms in total. The van der Waals surface area contributed by atoms with Gasteiger partial charge in [0.1, 0.15) is 0 Å². The molecule has 0 amide bonds. The van der Waals surface area contributed by atoms with Crippen molar-refractivity contribution in [2.24, 2.45) is 7.05 Å². The highest BCUT2D eigenvalue weighted by Crippen LogP contribution is 2.37. The van der Waals surface area contributed by atoms with Crippen LogP contribution < -0.4 is 0 Å². The number of allylic oxidation sites excluding steroid dienone is 1. The molecule has 0 aliphatic heterocycles. The molecular weight excluding hydrogens is 368 g/mol. The number of rotatable bonds is 1. The average Bonchev–Trinajstić information content (AvgIpc) is 3.41. The van der Waals surface area contributed by atoms with Gasteiger partial charge in [0, 0.05) is 34.9 Å². The van der Waals surface area contributed by atoms with Gasteiger partial charge in [-0.1, -0.05) is 42.5 Å². The SMILES string of the molecule is Cn1c2c(c3ccccc31)C=C(n1c3ccccc3n3c4ccccc4nc13)CC2. The Kier molecular flexibility index (Phi) is 3.02. The summed E-state index contributed by atoms with van der Waals surface area (Å²) >= 11 is 0. The van der Waals surface area contributed by atoms with Crippen molar-refractivity contribution >= 4 is 50.5 Å². The summed E-state index contributed by atoms with van der Waals surface area (Å²) in [6.07, 6.45) is 4.41. The van der Waals surface area contributed by atoms with Gasteiger partial charge in [0.05, 0.1) is 22.1 Å². The van der Waals surface area contributed by atoms with E-state index in [1.54, 1.807) is 0 Å². The number of imidazole rings is 2. The molecule has 0 N–H and O–H groups in total. The smallest absolute Gasteiger partial charge is 0.220 e. The zero-order valence-electron chi connectivity index (χ0n) is 16.7. The van der Waals surface area contributed by atoms with Gasteiger partial charge in [0.2, 0.25) is 5.78 Å². The Morgan fingerprint density at radius 2 is 1.43 bits per heavy atom. The predicted octanol–water partition coefficient (Wildman–Crippen LogP) is 5.88. The van der Waals surface area contributed by atoms with Gasteiger partial charge in [-0.05, 0) is 49.2 Å². The molecule has 0 bridgehead atoms. The van der Waals surface area contributed by atoms with Crippen LogP contribution >= 0.6 is 0 Å². The number of benzene rings is 3. The van der Waals surface area contributed by atoms with Crippen LogP contribution in [0.1, 0.15) is 17.7 Å². The Labute approximate surface area is 173 Å². The molecule has 4 heteroatoms. The molecule has 0 saturated heterocycles. The van der Waals surface area contributed by atoms with Gasteiger partial charge in [-0.25, -0.2) is 4.98 Å². The second-order valence-corrected chi connectivity index (χ2v) is 8.13. The lowest BCUT2D eigenvalue weighted by Gasteiger charge is -2.17. The highest BCUT2D eigenvalue weighted by molar-refractivity contribution is 5.99. The van der Waals surface area contributed by atoms with Gasteiger partial charge < -0.3 is 4.57 Å². The first-order chi connectivity index (χ1) is 14.8. The van der Waals surface area contributed by atoms with E-state index >= 15 is 0 Å². The Hall–Kier alpha value is -3.79. The van der Waals surface area contributed by atoms with Crippen LogP contribution in [0, 0.1) is 0 Å². The van der Waals surface area contributed by atoms with E-state index in [0.29, 0.717) is 0 Å². The largest absolute Gasteiger partial charge is 0.347 e. The van der Waals surface area contributed by atoms with Crippen molar-refractivity contribution in [2.45, 2.75) is 12.8 Å². The van der Waals surface area contributed by atoms with Crippen LogP contribution in [0.15, 0.2) is 72.8 Å². The monoisotopic (exact) mass is 388 g/mol. The van der Waals surface area contributed by atoms with Crippen LogP contribution in [0.4, 0.5) is 0 Å². The quantitative estimate of drug-likeness (QED) is 0.346. The van der Waals surface area contributed by atoms with Gasteiger partial charge in [0.25, 0.3) is 0 Å². The Morgan fingerprint density at radius 3 is 2.30 bits per heavy atom. The number of aryl methyl sites for hydroxylation is 1. The summed E-state index contributed by atoms with van der Waals surface area (Å²) in [5.74, 6) is 0.993. The maximum absolute atomic E-state index is 5.03. The third kappa shape index (κ3) is 1.93. The van der Waals surface area contributed by atoms with Gasteiger partial charge in [-0.2, -0.15) is 0 Å². The minimum Gasteiger partial charge on any atom is -0.347 e. The molecular formula is C26H20N4. The fourth-order valence-electron chi connectivity index (χ4n) is 5.23. The third-order valence-corrected chi connectivity index (χ3v) is 6.59. The van der Waals surface area contributed by atoms with E-state index in [-0.39, 0.29) is 0 Å². The van der Waals surface area contributed by atoms with E-state index < -0.39 is 0 Å². The third-order valence-electron chi connectivity index (χ3n) is 6.59. The summed E-state index contributed by atoms with van der Waals surface area (Å²) in [5, 5.41) is 1.33. The summed E-state index contributed by atoms with van der Waals surface area (Å²) in [6.45, 7) is 0. The summed E-state index contributed by atoms with van der Waals surface area (Å²) in [6, 6.07) is 25.7. The first kappa shape index (κ1) is 16.1. The first-order valence-electron chi connectivity index (χ1n) is 10.4. The minimum atomic E-state index is 0.993. The number of hydrogen-bond acceptors (Lipinski definition) is 1. The van der Waals surface area contributed by atoms with Gasteiger partial charge in [-0.3, -0.25) is 8.97 Å². The molecule has 0 fully saturated rings. The van der Waals surface area contributed by atoms with Crippen LogP contribution in [0.25, 0.3) is 50.5 Å². The molecule has 0 saturated carbocycles. The van der Waals surface area contributed by atoms with Crippen molar-refractivity contribution in [1.82, 2.24) is 18.5 Å². The van der Waals surface area contributed by atoms with E-state index in [0.717, 1.165) is 29.7 Å². The van der Waals surface area contributed by atoms with Crippen molar-refractivity contribution in [2.75, 3.05) is 0 Å². The highest BCUT2D eigenvalue weighted by atomic mass is 15.2. The second kappa shape index (κ2) is 5.63. The summed E-state index contributed by atoms with van der Waals surface area (Å²) in [7, 11) is 2.19. The zero-order chi connectivity index (χ0) is 19.8. The van der Waals surface area contributed by atoms with Crippen molar-refractivity contribution in [3.63, 3.8) is 0 Å². The second-order valence-electron chi connectivity index (χ2n) is 8.13. The standard InChI is InChI=1S/C26H20N4/c1-28-21-10-4-2-8-18(21)19-16-17(14-15-22(19)28)29-24-12-6-7-13-25(24)30-23-11-5-3-9-20(23)27-26(29)30/h2-13,16H,14-15H2,1H3. The maximum Gasteiger partial charge on any atom is 0.220 e. The van der Waals surface area contributed by atoms with Crippen molar-refractivity contribution < 1.29 is 0 Å². The molecule has 3 heterocycles. The maximum atomic E-state index is 5.03. The van der Waals surface area contributed by atoms with E-state index in [1.807, 2.05) is 0 Å². The summed E-state index contributed by atoms with van der Waals surface area (Å²) in [4.78, 5) is 5.03. The van der Waals surface area contributed by atoms with Crippen LogP contribution in [-0.2, 0) is 13.5 Å². The molecule has 7 rings (SSSR count). The molecule has 144 valence electrons. The Bertz CT molecular complexity index is 1650. The minimum absolute atomic E-state index is 0.993. The molecule has 1 aliphatic rings. The lowest BCUT2D eigenvalue weighted by atomic mass is 9.99. The molecule has 0 radical (unpaired) electrons. The molecule has 0 unspecified atom stereocenters. The average molecular weight is 388 g/mol. The fraction of sp³-hybridized carbons (Fsp3) is 0.115. The Morgan fingerprint density at radius 1 is 0.733 bits per heavy atom. The lowest BCUT2D eigenvalue weighted by Crippen LogP contribution is -2.07. The van der Waals surface area contributed by atoms with Crippen LogP contribution in [0.3, 0.4) is 0 Å². The molecule has 6 aromatic rings. The normalized spacial score (nSPS) is 14.1. The van der Waals surface area contributed by atoms with Crippen LogP contribution in [-0.4, -0.2) is 18.5 Å². The topological polar surface area (TPSA) is 27.2 Å². The fourth-order valence-corrected chi connectivity index (χ4v) is 5.23. The number of aromatic nitrogens is 4. The number of para-hydroxylation sites is 5. The molecule has 3 aromatic heterocycles. The molecule has 1 aliphatic carbocycles. The van der Waals surface area contributed by atoms with Crippen molar-refractivity contribution in [3.8, 4) is 0 Å². The van der Waals surface area contributed by atoms with Crippen molar-refractivity contribution in [3.05, 3.63) is 84.1 Å². The number of hydrogen-bond donors (Lipinski definition) is 0. The summed E-state index contributed by atoms with van der Waals surface area (Å²) in [5.41, 5.74) is 9.97. The zero-order valence-corrected chi connectivity index (χ0v) is 16.7. The van der Waals surface area contributed by atoms with E-state index in [1.165, 1.54) is 38.9 Å². The van der Waals surface area contributed by atoms with Crippen LogP contribution in [0.5, 0.6) is 0 Å². The Balaban J connectivity index is 1.59. The van der Waals surface area contributed by atoms with E-state index in [2.05, 4.69) is 99.5 Å². The predicted molar refractivity (Wildman–Crippen MR) is 124 cm³/mol. The number of fused-ring (bicyclic) bond motifs is 8. The van der Waals surface area contributed by atoms with Gasteiger partial charge >= 0.3 is 0 Å². The van der Waals surface area contributed by atoms with Crippen LogP contribution in [0.2, 0.25) is 0 Å².